The first-order valence-electron chi connectivity index (χ1n) is 5.43. The van der Waals surface area contributed by atoms with E-state index in [9.17, 15) is 17.6 Å². The van der Waals surface area contributed by atoms with Gasteiger partial charge in [0.05, 0.1) is 10.9 Å². The van der Waals surface area contributed by atoms with Crippen LogP contribution in [0.3, 0.4) is 0 Å². The van der Waals surface area contributed by atoms with E-state index in [0.717, 1.165) is 18.2 Å². The first-order valence-corrected chi connectivity index (χ1v) is 6.91. The molecule has 0 saturated heterocycles. The molecular weight excluding hydrogens is 273 g/mol. The Labute approximate surface area is 111 Å². The maximum absolute atomic E-state index is 13.1. The largest absolute Gasteiger partial charge is 0.399 e. The second-order valence-electron chi connectivity index (χ2n) is 4.30. The van der Waals surface area contributed by atoms with E-state index in [1.54, 1.807) is 0 Å². The monoisotopic (exact) mass is 289 g/mol. The maximum atomic E-state index is 13.1. The Morgan fingerprint density at radius 3 is 2.42 bits per heavy atom. The van der Waals surface area contributed by atoms with E-state index >= 15 is 0 Å². The van der Waals surface area contributed by atoms with Crippen LogP contribution in [-0.4, -0.2) is 39.4 Å². The molecule has 19 heavy (non-hydrogen) atoms. The zero-order chi connectivity index (χ0) is 14.8. The lowest BCUT2D eigenvalue weighted by molar-refractivity contribution is -0.130. The fraction of sp³-hybridized carbons (Fsp3) is 0.364. The SMILES string of the molecule is CC(NS(=O)(=O)c1cc(N)cc(F)c1)C(=O)N(C)C. The van der Waals surface area contributed by atoms with Crippen LogP contribution in [0.2, 0.25) is 0 Å². The molecule has 1 atom stereocenters. The van der Waals surface area contributed by atoms with Gasteiger partial charge in [-0.05, 0) is 25.1 Å². The maximum Gasteiger partial charge on any atom is 0.241 e. The standard InChI is InChI=1S/C11H16FN3O3S/c1-7(11(16)15(2)3)14-19(17,18)10-5-8(12)4-9(13)6-10/h4-7,14H,13H2,1-3H3. The quantitative estimate of drug-likeness (QED) is 0.772. The number of benzene rings is 1. The zero-order valence-electron chi connectivity index (χ0n) is 10.8. The van der Waals surface area contributed by atoms with Crippen molar-refractivity contribution in [1.29, 1.82) is 0 Å². The van der Waals surface area contributed by atoms with Gasteiger partial charge in [-0.2, -0.15) is 4.72 Å². The molecule has 0 saturated carbocycles. The number of nitrogens with two attached hydrogens (primary N) is 1. The molecule has 0 fully saturated rings. The molecule has 0 radical (unpaired) electrons. The number of hydrogen-bond acceptors (Lipinski definition) is 4. The number of nitrogens with zero attached hydrogens (tertiary/aromatic N) is 1. The van der Waals surface area contributed by atoms with Gasteiger partial charge < -0.3 is 10.6 Å². The molecule has 106 valence electrons. The topological polar surface area (TPSA) is 92.5 Å². The molecule has 0 heterocycles. The number of rotatable bonds is 4. The second kappa shape index (κ2) is 5.54. The summed E-state index contributed by atoms with van der Waals surface area (Å²) in [5, 5.41) is 0. The average Bonchev–Trinajstić information content (AvgIpc) is 2.25. The molecule has 1 aromatic carbocycles. The van der Waals surface area contributed by atoms with Crippen molar-refractivity contribution >= 4 is 21.6 Å². The van der Waals surface area contributed by atoms with E-state index in [1.807, 2.05) is 0 Å². The van der Waals surface area contributed by atoms with Gasteiger partial charge in [0.15, 0.2) is 0 Å². The minimum absolute atomic E-state index is 0.00744. The van der Waals surface area contributed by atoms with Crippen LogP contribution in [0.1, 0.15) is 6.92 Å². The molecule has 0 aliphatic heterocycles. The van der Waals surface area contributed by atoms with Crippen molar-refractivity contribution < 1.29 is 17.6 Å². The number of likely N-dealkylation sites (N-methyl/N-ethyl adjacent to an activating group) is 1. The number of sulfonamides is 1. The van der Waals surface area contributed by atoms with Gasteiger partial charge in [0.2, 0.25) is 15.9 Å². The van der Waals surface area contributed by atoms with E-state index in [1.165, 1.54) is 25.9 Å². The van der Waals surface area contributed by atoms with Crippen LogP contribution in [0.15, 0.2) is 23.1 Å². The lowest BCUT2D eigenvalue weighted by atomic mass is 10.3. The number of halogens is 1. The van der Waals surface area contributed by atoms with Gasteiger partial charge in [-0.1, -0.05) is 0 Å². The molecule has 8 heteroatoms. The fourth-order valence-corrected chi connectivity index (χ4v) is 2.74. The van der Waals surface area contributed by atoms with Crippen molar-refractivity contribution in [2.24, 2.45) is 0 Å². The lowest BCUT2D eigenvalue weighted by Crippen LogP contribution is -2.44. The van der Waals surface area contributed by atoms with Crippen LogP contribution in [0, 0.1) is 5.82 Å². The first-order chi connectivity index (χ1) is 8.63. The molecule has 1 amide bonds. The molecule has 0 aliphatic rings. The lowest BCUT2D eigenvalue weighted by Gasteiger charge is -2.18. The number of nitrogen functional groups attached to an aromatic ring is 1. The van der Waals surface area contributed by atoms with Crippen molar-refractivity contribution in [3.63, 3.8) is 0 Å². The number of carbonyl (C=O) groups excluding carboxylic acids is 1. The molecule has 0 bridgehead atoms. The summed E-state index contributed by atoms with van der Waals surface area (Å²) in [6, 6.07) is 2.02. The van der Waals surface area contributed by atoms with E-state index in [4.69, 9.17) is 5.73 Å². The molecule has 3 N–H and O–H groups in total. The normalized spacial score (nSPS) is 13.1. The molecule has 1 aromatic rings. The van der Waals surface area contributed by atoms with Crippen LogP contribution in [0.5, 0.6) is 0 Å². The van der Waals surface area contributed by atoms with Crippen LogP contribution >= 0.6 is 0 Å². The number of hydrogen-bond donors (Lipinski definition) is 2. The summed E-state index contributed by atoms with van der Waals surface area (Å²) >= 11 is 0. The van der Waals surface area contributed by atoms with Gasteiger partial charge in [0, 0.05) is 19.8 Å². The van der Waals surface area contributed by atoms with Crippen molar-refractivity contribution in [3.8, 4) is 0 Å². The smallest absolute Gasteiger partial charge is 0.241 e. The highest BCUT2D eigenvalue weighted by atomic mass is 32.2. The van der Waals surface area contributed by atoms with Crippen LogP contribution < -0.4 is 10.5 Å². The number of carbonyl (C=O) groups is 1. The Balaban J connectivity index is 3.02. The van der Waals surface area contributed by atoms with Crippen molar-refractivity contribution in [3.05, 3.63) is 24.0 Å². The number of anilines is 1. The van der Waals surface area contributed by atoms with E-state index < -0.39 is 27.8 Å². The minimum atomic E-state index is -4.00. The van der Waals surface area contributed by atoms with Crippen LogP contribution in [-0.2, 0) is 14.8 Å². The molecule has 6 nitrogen and oxygen atoms in total. The fourth-order valence-electron chi connectivity index (χ4n) is 1.48. The third-order valence-corrected chi connectivity index (χ3v) is 3.87. The third kappa shape index (κ3) is 3.90. The van der Waals surface area contributed by atoms with Crippen molar-refractivity contribution in [2.45, 2.75) is 17.9 Å². The molecule has 1 rings (SSSR count). The van der Waals surface area contributed by atoms with Gasteiger partial charge in [-0.25, -0.2) is 12.8 Å². The number of amides is 1. The Kier molecular flexibility index (Phi) is 4.48. The van der Waals surface area contributed by atoms with Gasteiger partial charge in [0.25, 0.3) is 0 Å². The summed E-state index contributed by atoms with van der Waals surface area (Å²) in [5.41, 5.74) is 5.38. The van der Waals surface area contributed by atoms with Crippen LogP contribution in [0.25, 0.3) is 0 Å². The Morgan fingerprint density at radius 2 is 1.95 bits per heavy atom. The molecular formula is C11H16FN3O3S. The summed E-state index contributed by atoms with van der Waals surface area (Å²) < 4.78 is 39.2. The first kappa shape index (κ1) is 15.4. The summed E-state index contributed by atoms with van der Waals surface area (Å²) in [6.07, 6.45) is 0. The predicted octanol–water partition coefficient (Wildman–Crippen LogP) is 0.163. The summed E-state index contributed by atoms with van der Waals surface area (Å²) in [5.74, 6) is -1.17. The number of nitrogens with one attached hydrogen (secondary N) is 1. The predicted molar refractivity (Wildman–Crippen MR) is 69.3 cm³/mol. The second-order valence-corrected chi connectivity index (χ2v) is 6.01. The summed E-state index contributed by atoms with van der Waals surface area (Å²) in [4.78, 5) is 12.5. The summed E-state index contributed by atoms with van der Waals surface area (Å²) in [7, 11) is -0.986. The Morgan fingerprint density at radius 1 is 1.37 bits per heavy atom. The molecule has 0 aliphatic carbocycles. The highest BCUT2D eigenvalue weighted by Crippen LogP contribution is 2.16. The average molecular weight is 289 g/mol. The van der Waals surface area contributed by atoms with Gasteiger partial charge in [0.1, 0.15) is 5.82 Å². The van der Waals surface area contributed by atoms with Gasteiger partial charge in [-0.15, -0.1) is 0 Å². The molecule has 0 spiro atoms. The highest BCUT2D eigenvalue weighted by Gasteiger charge is 2.23. The van der Waals surface area contributed by atoms with Crippen LogP contribution in [0.4, 0.5) is 10.1 Å². The molecule has 0 aromatic heterocycles. The highest BCUT2D eigenvalue weighted by molar-refractivity contribution is 7.89. The summed E-state index contributed by atoms with van der Waals surface area (Å²) in [6.45, 7) is 1.41. The molecule has 1 unspecified atom stereocenters. The third-order valence-electron chi connectivity index (χ3n) is 2.35. The van der Waals surface area contributed by atoms with E-state index in [2.05, 4.69) is 4.72 Å². The Bertz CT molecular complexity index is 567. The Hall–Kier alpha value is -1.67. The van der Waals surface area contributed by atoms with Crippen molar-refractivity contribution in [1.82, 2.24) is 9.62 Å². The van der Waals surface area contributed by atoms with Crippen molar-refractivity contribution in [2.75, 3.05) is 19.8 Å². The van der Waals surface area contributed by atoms with Gasteiger partial charge >= 0.3 is 0 Å². The minimum Gasteiger partial charge on any atom is -0.399 e. The van der Waals surface area contributed by atoms with E-state index in [-0.39, 0.29) is 10.6 Å². The zero-order valence-corrected chi connectivity index (χ0v) is 11.7. The van der Waals surface area contributed by atoms with E-state index in [0.29, 0.717) is 0 Å². The van der Waals surface area contributed by atoms with Gasteiger partial charge in [-0.3, -0.25) is 4.79 Å².